The third-order valence-corrected chi connectivity index (χ3v) is 3.66. The van der Waals surface area contributed by atoms with Gasteiger partial charge in [0.2, 0.25) is 0 Å². The first-order valence-electron chi connectivity index (χ1n) is 7.45. The number of ether oxygens (including phenoxy) is 2. The second kappa shape index (κ2) is 7.77. The molecule has 122 valence electrons. The molecule has 1 saturated carbocycles. The van der Waals surface area contributed by atoms with Crippen LogP contribution in [0.1, 0.15) is 44.9 Å². The number of hydroxylamine groups is 2. The Bertz CT molecular complexity index is 440. The molecule has 0 aromatic carbocycles. The van der Waals surface area contributed by atoms with Gasteiger partial charge in [0.25, 0.3) is 11.8 Å². The van der Waals surface area contributed by atoms with Gasteiger partial charge in [-0.1, -0.05) is 24.3 Å². The van der Waals surface area contributed by atoms with Gasteiger partial charge < -0.3 is 9.47 Å². The van der Waals surface area contributed by atoms with E-state index in [9.17, 15) is 19.2 Å². The molecule has 2 aliphatic rings. The lowest BCUT2D eigenvalue weighted by Crippen LogP contribution is -2.32. The number of esters is 1. The molecule has 0 radical (unpaired) electrons. The maximum absolute atomic E-state index is 11.7. The Kier molecular flexibility index (Phi) is 5.74. The first-order chi connectivity index (χ1) is 10.6. The Hall–Kier alpha value is -2.12. The van der Waals surface area contributed by atoms with E-state index in [-0.39, 0.29) is 37.9 Å². The van der Waals surface area contributed by atoms with E-state index < -0.39 is 18.0 Å². The maximum atomic E-state index is 11.7. The molecule has 0 spiro atoms. The summed E-state index contributed by atoms with van der Waals surface area (Å²) in [6, 6.07) is 0. The summed E-state index contributed by atoms with van der Waals surface area (Å²) in [5, 5.41) is 0.399. The monoisotopic (exact) mass is 313 g/mol. The minimum atomic E-state index is -1.17. The highest BCUT2D eigenvalue weighted by Crippen LogP contribution is 2.24. The first-order valence-corrected chi connectivity index (χ1v) is 7.45. The van der Waals surface area contributed by atoms with Crippen LogP contribution < -0.4 is 0 Å². The molecular formula is C14H19NO7. The van der Waals surface area contributed by atoms with Gasteiger partial charge in [0.05, 0.1) is 5.92 Å². The lowest BCUT2D eigenvalue weighted by Gasteiger charge is -2.19. The molecule has 0 atom stereocenters. The zero-order valence-electron chi connectivity index (χ0n) is 12.2. The van der Waals surface area contributed by atoms with Gasteiger partial charge in [0, 0.05) is 12.8 Å². The Balaban J connectivity index is 1.59. The normalized spacial score (nSPS) is 19.2. The van der Waals surface area contributed by atoms with E-state index in [1.165, 1.54) is 0 Å². The van der Waals surface area contributed by atoms with Gasteiger partial charge in [-0.25, -0.2) is 4.79 Å². The topological polar surface area (TPSA) is 99.2 Å². The summed E-state index contributed by atoms with van der Waals surface area (Å²) >= 11 is 0. The third kappa shape index (κ3) is 4.44. The molecule has 2 amide bonds. The minimum Gasteiger partial charge on any atom is -0.462 e. The van der Waals surface area contributed by atoms with Crippen molar-refractivity contribution in [2.24, 2.45) is 5.92 Å². The second-order valence-electron chi connectivity index (χ2n) is 5.27. The van der Waals surface area contributed by atoms with Gasteiger partial charge in [0.15, 0.2) is 0 Å². The molecule has 2 rings (SSSR count). The van der Waals surface area contributed by atoms with Crippen LogP contribution in [0.25, 0.3) is 0 Å². The molecule has 2 fully saturated rings. The molecule has 0 unspecified atom stereocenters. The number of carbonyl (C=O) groups excluding carboxylic acids is 4. The molecular weight excluding hydrogens is 294 g/mol. The van der Waals surface area contributed by atoms with Crippen LogP contribution in [-0.4, -0.2) is 42.2 Å². The van der Waals surface area contributed by atoms with E-state index in [0.29, 0.717) is 5.06 Å². The van der Waals surface area contributed by atoms with Crippen LogP contribution in [0.15, 0.2) is 0 Å². The maximum Gasteiger partial charge on any atom is 0.534 e. The van der Waals surface area contributed by atoms with E-state index in [4.69, 9.17) is 4.74 Å². The van der Waals surface area contributed by atoms with Crippen molar-refractivity contribution in [3.8, 4) is 0 Å². The molecule has 0 bridgehead atoms. The number of hydrogen-bond acceptors (Lipinski definition) is 7. The van der Waals surface area contributed by atoms with Crippen LogP contribution in [0.2, 0.25) is 0 Å². The summed E-state index contributed by atoms with van der Waals surface area (Å²) in [6.45, 7) is -0.264. The standard InChI is InChI=1S/C14H19NO7/c16-11-6-7-12(17)15(11)22-14(19)21-9-8-20-13(18)10-4-2-1-3-5-10/h10H,1-9H2. The van der Waals surface area contributed by atoms with E-state index in [0.717, 1.165) is 32.1 Å². The number of rotatable bonds is 5. The zero-order chi connectivity index (χ0) is 15.9. The van der Waals surface area contributed by atoms with Gasteiger partial charge in [-0.2, -0.15) is 0 Å². The number of nitrogens with zero attached hydrogens (tertiary/aromatic N) is 1. The van der Waals surface area contributed by atoms with Crippen LogP contribution in [-0.2, 0) is 28.7 Å². The highest BCUT2D eigenvalue weighted by Gasteiger charge is 2.33. The summed E-state index contributed by atoms with van der Waals surface area (Å²) < 4.78 is 9.68. The molecule has 1 heterocycles. The summed E-state index contributed by atoms with van der Waals surface area (Å²) in [6.07, 6.45) is 3.74. The van der Waals surface area contributed by atoms with Gasteiger partial charge in [-0.15, -0.1) is 0 Å². The largest absolute Gasteiger partial charge is 0.534 e. The smallest absolute Gasteiger partial charge is 0.462 e. The first kappa shape index (κ1) is 16.3. The Morgan fingerprint density at radius 1 is 0.955 bits per heavy atom. The third-order valence-electron chi connectivity index (χ3n) is 3.66. The van der Waals surface area contributed by atoms with E-state index in [1.807, 2.05) is 0 Å². The number of hydrogen-bond donors (Lipinski definition) is 0. The summed E-state index contributed by atoms with van der Waals surface area (Å²) in [4.78, 5) is 49.9. The minimum absolute atomic E-state index is 0.0190. The van der Waals surface area contributed by atoms with Crippen LogP contribution in [0.5, 0.6) is 0 Å². The highest BCUT2D eigenvalue weighted by molar-refractivity contribution is 6.01. The quantitative estimate of drug-likeness (QED) is 0.429. The summed E-state index contributed by atoms with van der Waals surface area (Å²) in [5.41, 5.74) is 0. The van der Waals surface area contributed by atoms with Crippen LogP contribution in [0.3, 0.4) is 0 Å². The Morgan fingerprint density at radius 3 is 2.18 bits per heavy atom. The van der Waals surface area contributed by atoms with Crippen molar-refractivity contribution in [3.05, 3.63) is 0 Å². The fourth-order valence-electron chi connectivity index (χ4n) is 2.48. The lowest BCUT2D eigenvalue weighted by molar-refractivity contribution is -0.177. The van der Waals surface area contributed by atoms with Crippen molar-refractivity contribution < 1.29 is 33.5 Å². The van der Waals surface area contributed by atoms with E-state index >= 15 is 0 Å². The van der Waals surface area contributed by atoms with Crippen LogP contribution >= 0.6 is 0 Å². The Labute approximate surface area is 127 Å². The number of imide groups is 1. The summed E-state index contributed by atoms with van der Waals surface area (Å²) in [5.74, 6) is -1.50. The second-order valence-corrected chi connectivity index (χ2v) is 5.27. The molecule has 0 aromatic rings. The van der Waals surface area contributed by atoms with Crippen LogP contribution in [0, 0.1) is 5.92 Å². The van der Waals surface area contributed by atoms with Gasteiger partial charge >= 0.3 is 12.1 Å². The van der Waals surface area contributed by atoms with Crippen molar-refractivity contribution in [2.45, 2.75) is 44.9 Å². The average molecular weight is 313 g/mol. The van der Waals surface area contributed by atoms with Crippen molar-refractivity contribution >= 4 is 23.9 Å². The fraction of sp³-hybridized carbons (Fsp3) is 0.714. The van der Waals surface area contributed by atoms with Crippen LogP contribution in [0.4, 0.5) is 4.79 Å². The molecule has 0 N–H and O–H groups in total. The summed E-state index contributed by atoms with van der Waals surface area (Å²) in [7, 11) is 0. The van der Waals surface area contributed by atoms with Crippen molar-refractivity contribution in [1.82, 2.24) is 5.06 Å². The molecule has 0 aromatic heterocycles. The van der Waals surface area contributed by atoms with Gasteiger partial charge in [-0.3, -0.25) is 19.2 Å². The number of carbonyl (C=O) groups is 4. The molecule has 22 heavy (non-hydrogen) atoms. The van der Waals surface area contributed by atoms with E-state index in [2.05, 4.69) is 9.57 Å². The predicted molar refractivity (Wildman–Crippen MR) is 71.1 cm³/mol. The number of amides is 2. The van der Waals surface area contributed by atoms with Gasteiger partial charge in [0.1, 0.15) is 13.2 Å². The molecule has 1 aliphatic carbocycles. The predicted octanol–water partition coefficient (Wildman–Crippen LogP) is 1.33. The van der Waals surface area contributed by atoms with Gasteiger partial charge in [-0.05, 0) is 12.8 Å². The lowest BCUT2D eigenvalue weighted by atomic mass is 9.89. The van der Waals surface area contributed by atoms with Crippen molar-refractivity contribution in [1.29, 1.82) is 0 Å². The van der Waals surface area contributed by atoms with Crippen molar-refractivity contribution in [2.75, 3.05) is 13.2 Å². The van der Waals surface area contributed by atoms with Crippen molar-refractivity contribution in [3.63, 3.8) is 0 Å². The average Bonchev–Trinajstić information content (AvgIpc) is 2.84. The SMILES string of the molecule is O=C(OCCOC(=O)C1CCCCC1)ON1C(=O)CCC1=O. The Morgan fingerprint density at radius 2 is 1.55 bits per heavy atom. The molecule has 8 heteroatoms. The molecule has 1 saturated heterocycles. The fourth-order valence-corrected chi connectivity index (χ4v) is 2.48. The highest BCUT2D eigenvalue weighted by atomic mass is 16.8. The molecule has 1 aliphatic heterocycles. The molecule has 8 nitrogen and oxygen atoms in total. The van der Waals surface area contributed by atoms with E-state index in [1.54, 1.807) is 0 Å². The zero-order valence-corrected chi connectivity index (χ0v) is 12.2.